The minimum absolute atomic E-state index is 0.308. The molecule has 1 aromatic carbocycles. The van der Waals surface area contributed by atoms with Crippen molar-refractivity contribution in [2.45, 2.75) is 0 Å². The van der Waals surface area contributed by atoms with Gasteiger partial charge in [0.25, 0.3) is 0 Å². The highest BCUT2D eigenvalue weighted by Gasteiger charge is 2.20. The number of rotatable bonds is 8. The minimum Gasteiger partial charge on any atom is -0.481 e. The van der Waals surface area contributed by atoms with Crippen LogP contribution in [0.15, 0.2) is 29.4 Å². The van der Waals surface area contributed by atoms with Crippen molar-refractivity contribution < 1.29 is 24.1 Å². The molecule has 12 heteroatoms. The number of benzene rings is 1. The highest BCUT2D eigenvalue weighted by atomic mass is 16.5. The maximum Gasteiger partial charge on any atom is 0.341 e. The number of nitrogens with zero attached hydrogens (tertiary/aromatic N) is 6. The molecular formula is C20H25N7O5. The lowest BCUT2D eigenvalue weighted by atomic mass is 10.2. The second-order valence-corrected chi connectivity index (χ2v) is 7.05. The fourth-order valence-corrected chi connectivity index (χ4v) is 3.23. The maximum atomic E-state index is 10.8. The summed E-state index contributed by atoms with van der Waals surface area (Å²) in [4.78, 5) is 28.6. The number of hydrazone groups is 1. The van der Waals surface area contributed by atoms with Crippen LogP contribution >= 0.6 is 0 Å². The zero-order valence-electron chi connectivity index (χ0n) is 17.5. The summed E-state index contributed by atoms with van der Waals surface area (Å²) in [7, 11) is 0. The highest BCUT2D eigenvalue weighted by Crippen LogP contribution is 2.19. The Bertz CT molecular complexity index is 909. The van der Waals surface area contributed by atoms with Gasteiger partial charge >= 0.3 is 5.97 Å². The van der Waals surface area contributed by atoms with E-state index in [0.717, 1.165) is 0 Å². The van der Waals surface area contributed by atoms with Gasteiger partial charge in [0.2, 0.25) is 17.8 Å². The van der Waals surface area contributed by atoms with Crippen LogP contribution < -0.4 is 20.0 Å². The van der Waals surface area contributed by atoms with Crippen molar-refractivity contribution in [1.82, 2.24) is 15.0 Å². The third kappa shape index (κ3) is 5.80. The lowest BCUT2D eigenvalue weighted by Crippen LogP contribution is -2.40. The summed E-state index contributed by atoms with van der Waals surface area (Å²) < 4.78 is 16.2. The number of para-hydroxylation sites is 1. The van der Waals surface area contributed by atoms with Crippen LogP contribution in [-0.2, 0) is 14.3 Å². The number of hydrogen-bond acceptors (Lipinski definition) is 11. The van der Waals surface area contributed by atoms with E-state index >= 15 is 0 Å². The number of ether oxygens (including phenoxy) is 3. The molecule has 170 valence electrons. The van der Waals surface area contributed by atoms with Crippen molar-refractivity contribution in [1.29, 1.82) is 0 Å². The van der Waals surface area contributed by atoms with Crippen molar-refractivity contribution in [3.8, 4) is 5.75 Å². The molecule has 0 spiro atoms. The molecule has 0 aliphatic carbocycles. The van der Waals surface area contributed by atoms with E-state index in [1.54, 1.807) is 18.2 Å². The van der Waals surface area contributed by atoms with E-state index in [2.05, 4.69) is 35.3 Å². The van der Waals surface area contributed by atoms with Crippen LogP contribution in [0.4, 0.5) is 17.8 Å². The van der Waals surface area contributed by atoms with Gasteiger partial charge in [-0.1, -0.05) is 12.1 Å². The first-order chi connectivity index (χ1) is 15.7. The molecule has 2 fully saturated rings. The molecule has 0 bridgehead atoms. The van der Waals surface area contributed by atoms with Gasteiger partial charge in [-0.25, -0.2) is 10.2 Å². The Morgan fingerprint density at radius 1 is 1.03 bits per heavy atom. The molecule has 0 radical (unpaired) electrons. The highest BCUT2D eigenvalue weighted by molar-refractivity contribution is 5.84. The Hall–Kier alpha value is -3.51. The van der Waals surface area contributed by atoms with Gasteiger partial charge in [-0.15, -0.1) is 0 Å². The third-order valence-electron chi connectivity index (χ3n) is 4.84. The van der Waals surface area contributed by atoms with Crippen LogP contribution in [0.5, 0.6) is 5.75 Å². The van der Waals surface area contributed by atoms with E-state index < -0.39 is 12.6 Å². The normalized spacial score (nSPS) is 16.9. The summed E-state index contributed by atoms with van der Waals surface area (Å²) >= 11 is 0. The van der Waals surface area contributed by atoms with Crippen molar-refractivity contribution in [2.24, 2.45) is 5.10 Å². The first-order valence-electron chi connectivity index (χ1n) is 10.3. The summed E-state index contributed by atoms with van der Waals surface area (Å²) in [6.45, 7) is 4.83. The number of nitrogens with one attached hydrogen (secondary N) is 1. The number of carbonyl (C=O) groups is 1. The van der Waals surface area contributed by atoms with Gasteiger partial charge in [-0.05, 0) is 12.1 Å². The summed E-state index contributed by atoms with van der Waals surface area (Å²) in [6, 6.07) is 7.02. The number of morpholine rings is 2. The number of hydrogen-bond donors (Lipinski definition) is 2. The van der Waals surface area contributed by atoms with Gasteiger partial charge in [0.05, 0.1) is 32.6 Å². The summed E-state index contributed by atoms with van der Waals surface area (Å²) in [5, 5.41) is 13.1. The Morgan fingerprint density at radius 2 is 1.62 bits per heavy atom. The fraction of sp³-hybridized carbons (Fsp3) is 0.450. The van der Waals surface area contributed by atoms with Crippen molar-refractivity contribution >= 4 is 30.0 Å². The molecule has 1 aromatic heterocycles. The topological polar surface area (TPSA) is 135 Å². The molecule has 2 aromatic rings. The third-order valence-corrected chi connectivity index (χ3v) is 4.84. The first-order valence-corrected chi connectivity index (χ1v) is 10.3. The van der Waals surface area contributed by atoms with E-state index in [1.165, 1.54) is 6.21 Å². The Morgan fingerprint density at radius 3 is 2.22 bits per heavy atom. The zero-order valence-corrected chi connectivity index (χ0v) is 17.5. The van der Waals surface area contributed by atoms with Gasteiger partial charge < -0.3 is 29.1 Å². The second-order valence-electron chi connectivity index (χ2n) is 7.05. The molecule has 2 aliphatic rings. The Balaban J connectivity index is 1.53. The Kier molecular flexibility index (Phi) is 7.25. The molecule has 2 aliphatic heterocycles. The number of aromatic nitrogens is 3. The summed E-state index contributed by atoms with van der Waals surface area (Å²) in [5.41, 5.74) is 3.49. The molecule has 12 nitrogen and oxygen atoms in total. The largest absolute Gasteiger partial charge is 0.481 e. The number of anilines is 3. The molecule has 0 unspecified atom stereocenters. The van der Waals surface area contributed by atoms with E-state index in [1.807, 2.05) is 6.07 Å². The molecule has 2 saturated heterocycles. The van der Waals surface area contributed by atoms with Crippen LogP contribution in [0.2, 0.25) is 0 Å². The molecular weight excluding hydrogens is 418 g/mol. The lowest BCUT2D eigenvalue weighted by Gasteiger charge is -2.30. The average Bonchev–Trinajstić information content (AvgIpc) is 2.84. The zero-order chi connectivity index (χ0) is 22.2. The van der Waals surface area contributed by atoms with Gasteiger partial charge in [-0.3, -0.25) is 0 Å². The van der Waals surface area contributed by atoms with Gasteiger partial charge in [0, 0.05) is 31.7 Å². The Labute approximate surface area is 184 Å². The van der Waals surface area contributed by atoms with Crippen LogP contribution in [0.3, 0.4) is 0 Å². The summed E-state index contributed by atoms with van der Waals surface area (Å²) in [6.07, 6.45) is 1.53. The van der Waals surface area contributed by atoms with Crippen molar-refractivity contribution in [2.75, 3.05) is 74.4 Å². The lowest BCUT2D eigenvalue weighted by molar-refractivity contribution is -0.139. The molecule has 0 atom stereocenters. The first kappa shape index (κ1) is 21.7. The maximum absolute atomic E-state index is 10.8. The van der Waals surface area contributed by atoms with Crippen LogP contribution in [0.1, 0.15) is 5.56 Å². The fourth-order valence-electron chi connectivity index (χ4n) is 3.23. The number of carboxylic acid groups (broad SMARTS) is 1. The molecule has 3 heterocycles. The smallest absolute Gasteiger partial charge is 0.341 e. The molecule has 0 amide bonds. The molecule has 2 N–H and O–H groups in total. The minimum atomic E-state index is -1.05. The van der Waals surface area contributed by atoms with Crippen LogP contribution in [0, 0.1) is 0 Å². The standard InChI is InChI=1S/C20H25N7O5/c28-17(29)14-32-16-4-2-1-3-15(16)13-21-25-18-22-19(26-5-9-30-10-6-26)24-20(23-18)27-7-11-31-12-8-27/h1-4,13H,5-12,14H2,(H,28,29)(H,22,23,24,25). The molecule has 0 saturated carbocycles. The predicted molar refractivity (Wildman–Crippen MR) is 117 cm³/mol. The van der Waals surface area contributed by atoms with Crippen LogP contribution in [-0.4, -0.2) is 91.5 Å². The van der Waals surface area contributed by atoms with E-state index in [4.69, 9.17) is 19.3 Å². The van der Waals surface area contributed by atoms with Gasteiger partial charge in [-0.2, -0.15) is 20.1 Å². The average molecular weight is 443 g/mol. The molecule has 4 rings (SSSR count). The quantitative estimate of drug-likeness (QED) is 0.435. The number of aliphatic carboxylic acids is 1. The van der Waals surface area contributed by atoms with Gasteiger partial charge in [0.1, 0.15) is 5.75 Å². The van der Waals surface area contributed by atoms with Crippen molar-refractivity contribution in [3.63, 3.8) is 0 Å². The molecule has 32 heavy (non-hydrogen) atoms. The van der Waals surface area contributed by atoms with E-state index in [0.29, 0.717) is 81.8 Å². The second kappa shape index (κ2) is 10.7. The van der Waals surface area contributed by atoms with E-state index in [9.17, 15) is 4.79 Å². The van der Waals surface area contributed by atoms with Crippen LogP contribution in [0.25, 0.3) is 0 Å². The monoisotopic (exact) mass is 443 g/mol. The van der Waals surface area contributed by atoms with E-state index in [-0.39, 0.29) is 0 Å². The predicted octanol–water partition coefficient (Wildman–Crippen LogP) is 0.454. The number of carboxylic acids is 1. The summed E-state index contributed by atoms with van der Waals surface area (Å²) in [5.74, 6) is 0.800. The van der Waals surface area contributed by atoms with Gasteiger partial charge in [0.15, 0.2) is 6.61 Å². The van der Waals surface area contributed by atoms with Crippen molar-refractivity contribution in [3.05, 3.63) is 29.8 Å². The SMILES string of the molecule is O=C(O)COc1ccccc1C=NNc1nc(N2CCOCC2)nc(N2CCOCC2)n1.